The highest BCUT2D eigenvalue weighted by Gasteiger charge is 2.05. The molecule has 0 bridgehead atoms. The van der Waals surface area contributed by atoms with E-state index in [4.69, 9.17) is 10.4 Å². The molecule has 1 atom stereocenters. The van der Waals surface area contributed by atoms with Crippen LogP contribution in [0.1, 0.15) is 11.1 Å². The van der Waals surface area contributed by atoms with Crippen LogP contribution in [0.4, 0.5) is 0 Å². The third-order valence-electron chi connectivity index (χ3n) is 2.01. The molecule has 0 amide bonds. The highest BCUT2D eigenvalue weighted by Crippen LogP contribution is 2.09. The summed E-state index contributed by atoms with van der Waals surface area (Å²) in [5.74, 6) is -0.275. The van der Waals surface area contributed by atoms with Crippen LogP contribution in [0.3, 0.4) is 0 Å². The fourth-order valence-electron chi connectivity index (χ4n) is 1.16. The van der Waals surface area contributed by atoms with Gasteiger partial charge in [0.05, 0.1) is 18.6 Å². The van der Waals surface area contributed by atoms with Gasteiger partial charge in [0, 0.05) is 0 Å². The molecule has 1 N–H and O–H groups in total. The second-order valence-electron chi connectivity index (χ2n) is 3.20. The third-order valence-corrected chi connectivity index (χ3v) is 2.01. The minimum absolute atomic E-state index is 0.0651. The molecule has 0 aromatic heterocycles. The Labute approximate surface area is 78.4 Å². The summed E-state index contributed by atoms with van der Waals surface area (Å²) in [6.07, 6.45) is 0.632. The lowest BCUT2D eigenvalue weighted by atomic mass is 10.0. The topological polar surface area (TPSA) is 44.0 Å². The first-order chi connectivity index (χ1) is 6.26. The Hall–Kier alpha value is -1.33. The lowest BCUT2D eigenvalue weighted by Crippen LogP contribution is -2.06. The Bertz CT molecular complexity index is 297. The van der Waals surface area contributed by atoms with Crippen molar-refractivity contribution >= 4 is 0 Å². The average Bonchev–Trinajstić information content (AvgIpc) is 2.17. The summed E-state index contributed by atoms with van der Waals surface area (Å²) >= 11 is 0. The van der Waals surface area contributed by atoms with E-state index in [1.165, 1.54) is 5.56 Å². The molecule has 0 spiro atoms. The van der Waals surface area contributed by atoms with Gasteiger partial charge in [-0.15, -0.1) is 0 Å². The Morgan fingerprint density at radius 3 is 2.46 bits per heavy atom. The van der Waals surface area contributed by atoms with Crippen molar-refractivity contribution in [2.75, 3.05) is 6.61 Å². The van der Waals surface area contributed by atoms with Gasteiger partial charge in [0.25, 0.3) is 0 Å². The van der Waals surface area contributed by atoms with Gasteiger partial charge in [-0.1, -0.05) is 29.8 Å². The molecule has 0 aliphatic rings. The lowest BCUT2D eigenvalue weighted by Gasteiger charge is -2.05. The van der Waals surface area contributed by atoms with Gasteiger partial charge in [-0.05, 0) is 18.9 Å². The van der Waals surface area contributed by atoms with Crippen molar-refractivity contribution in [1.82, 2.24) is 0 Å². The molecule has 2 heteroatoms. The van der Waals surface area contributed by atoms with E-state index in [9.17, 15) is 0 Å². The first-order valence-corrected chi connectivity index (χ1v) is 4.32. The normalized spacial score (nSPS) is 12.1. The summed E-state index contributed by atoms with van der Waals surface area (Å²) in [7, 11) is 0. The van der Waals surface area contributed by atoms with E-state index < -0.39 is 0 Å². The van der Waals surface area contributed by atoms with Crippen LogP contribution in [0, 0.1) is 24.2 Å². The maximum absolute atomic E-state index is 8.82. The van der Waals surface area contributed by atoms with Crippen LogP contribution in [0.2, 0.25) is 0 Å². The molecule has 1 rings (SSSR count). The molecule has 1 aromatic carbocycles. The molecular formula is C11H13NO. The highest BCUT2D eigenvalue weighted by atomic mass is 16.3. The number of hydrogen-bond donors (Lipinski definition) is 1. The Balaban J connectivity index is 2.64. The number of benzene rings is 1. The second kappa shape index (κ2) is 4.64. The quantitative estimate of drug-likeness (QED) is 0.759. The van der Waals surface area contributed by atoms with Crippen molar-refractivity contribution in [3.8, 4) is 6.07 Å². The summed E-state index contributed by atoms with van der Waals surface area (Å²) in [6, 6.07) is 10.1. The Morgan fingerprint density at radius 1 is 1.38 bits per heavy atom. The number of aliphatic hydroxyl groups is 1. The summed E-state index contributed by atoms with van der Waals surface area (Å²) < 4.78 is 0. The highest BCUT2D eigenvalue weighted by molar-refractivity contribution is 5.22. The van der Waals surface area contributed by atoms with Crippen LogP contribution < -0.4 is 0 Å². The molecule has 0 saturated carbocycles. The van der Waals surface area contributed by atoms with Gasteiger partial charge in [-0.25, -0.2) is 0 Å². The number of hydrogen-bond acceptors (Lipinski definition) is 2. The molecule has 0 saturated heterocycles. The van der Waals surface area contributed by atoms with Gasteiger partial charge in [0.1, 0.15) is 0 Å². The van der Waals surface area contributed by atoms with E-state index in [1.807, 2.05) is 31.2 Å². The predicted molar refractivity (Wildman–Crippen MR) is 51.1 cm³/mol. The van der Waals surface area contributed by atoms with Crippen LogP contribution in [0.25, 0.3) is 0 Å². The monoisotopic (exact) mass is 175 g/mol. The SMILES string of the molecule is Cc1ccc(CC(C#N)CO)cc1. The standard InChI is InChI=1S/C11H13NO/c1-9-2-4-10(5-3-9)6-11(7-12)8-13/h2-5,11,13H,6,8H2,1H3. The largest absolute Gasteiger partial charge is 0.395 e. The molecule has 68 valence electrons. The molecule has 0 radical (unpaired) electrons. The smallest absolute Gasteiger partial charge is 0.0734 e. The van der Waals surface area contributed by atoms with E-state index in [0.717, 1.165) is 5.56 Å². The Morgan fingerprint density at radius 2 is 2.00 bits per heavy atom. The maximum atomic E-state index is 8.82. The lowest BCUT2D eigenvalue weighted by molar-refractivity contribution is 0.255. The number of nitriles is 1. The maximum Gasteiger partial charge on any atom is 0.0734 e. The number of aliphatic hydroxyl groups excluding tert-OH is 1. The van der Waals surface area contributed by atoms with Crippen molar-refractivity contribution in [1.29, 1.82) is 5.26 Å². The zero-order valence-corrected chi connectivity index (χ0v) is 7.70. The Kier molecular flexibility index (Phi) is 3.48. The second-order valence-corrected chi connectivity index (χ2v) is 3.20. The van der Waals surface area contributed by atoms with Crippen molar-refractivity contribution in [2.24, 2.45) is 5.92 Å². The van der Waals surface area contributed by atoms with Gasteiger partial charge in [-0.3, -0.25) is 0 Å². The molecule has 2 nitrogen and oxygen atoms in total. The van der Waals surface area contributed by atoms with Crippen molar-refractivity contribution in [3.63, 3.8) is 0 Å². The van der Waals surface area contributed by atoms with E-state index in [-0.39, 0.29) is 12.5 Å². The summed E-state index contributed by atoms with van der Waals surface area (Å²) in [6.45, 7) is 1.96. The zero-order valence-electron chi connectivity index (χ0n) is 7.70. The number of rotatable bonds is 3. The third kappa shape index (κ3) is 2.89. The first kappa shape index (κ1) is 9.76. The molecule has 1 unspecified atom stereocenters. The van der Waals surface area contributed by atoms with Crippen LogP contribution in [-0.4, -0.2) is 11.7 Å². The number of nitrogens with zero attached hydrogens (tertiary/aromatic N) is 1. The van der Waals surface area contributed by atoms with Gasteiger partial charge >= 0.3 is 0 Å². The molecule has 13 heavy (non-hydrogen) atoms. The van der Waals surface area contributed by atoms with Gasteiger partial charge in [0.15, 0.2) is 0 Å². The van der Waals surface area contributed by atoms with E-state index in [0.29, 0.717) is 6.42 Å². The van der Waals surface area contributed by atoms with Gasteiger partial charge in [-0.2, -0.15) is 5.26 Å². The van der Waals surface area contributed by atoms with Gasteiger partial charge < -0.3 is 5.11 Å². The van der Waals surface area contributed by atoms with E-state index >= 15 is 0 Å². The molecule has 1 aromatic rings. The average molecular weight is 175 g/mol. The van der Waals surface area contributed by atoms with Crippen molar-refractivity contribution in [2.45, 2.75) is 13.3 Å². The van der Waals surface area contributed by atoms with Crippen molar-refractivity contribution < 1.29 is 5.11 Å². The minimum Gasteiger partial charge on any atom is -0.395 e. The van der Waals surface area contributed by atoms with Crippen LogP contribution in [-0.2, 0) is 6.42 Å². The molecular weight excluding hydrogens is 162 g/mol. The fourth-order valence-corrected chi connectivity index (χ4v) is 1.16. The predicted octanol–water partition coefficient (Wildman–Crippen LogP) is 1.67. The van der Waals surface area contributed by atoms with Crippen LogP contribution in [0.5, 0.6) is 0 Å². The van der Waals surface area contributed by atoms with E-state index in [2.05, 4.69) is 6.07 Å². The van der Waals surface area contributed by atoms with Crippen LogP contribution in [0.15, 0.2) is 24.3 Å². The fraction of sp³-hybridized carbons (Fsp3) is 0.364. The first-order valence-electron chi connectivity index (χ1n) is 4.32. The summed E-state index contributed by atoms with van der Waals surface area (Å²) in [4.78, 5) is 0. The molecule has 0 fully saturated rings. The number of aryl methyl sites for hydroxylation is 1. The van der Waals surface area contributed by atoms with E-state index in [1.54, 1.807) is 0 Å². The summed E-state index contributed by atoms with van der Waals surface area (Å²) in [5.41, 5.74) is 2.31. The molecule has 0 heterocycles. The molecule has 0 aliphatic heterocycles. The van der Waals surface area contributed by atoms with Crippen LogP contribution >= 0.6 is 0 Å². The molecule has 0 aliphatic carbocycles. The minimum atomic E-state index is -0.275. The van der Waals surface area contributed by atoms with Gasteiger partial charge in [0.2, 0.25) is 0 Å². The zero-order chi connectivity index (χ0) is 9.68. The summed E-state index contributed by atoms with van der Waals surface area (Å²) in [5, 5.41) is 17.5. The van der Waals surface area contributed by atoms with Crippen molar-refractivity contribution in [3.05, 3.63) is 35.4 Å².